The van der Waals surface area contributed by atoms with Crippen LogP contribution in [0.5, 0.6) is 0 Å². The van der Waals surface area contributed by atoms with Gasteiger partial charge in [-0.3, -0.25) is 0 Å². The topological polar surface area (TPSA) is 26.3 Å². The number of thioether (sulfide) groups is 1. The summed E-state index contributed by atoms with van der Waals surface area (Å²) in [7, 11) is 0. The van der Waals surface area contributed by atoms with Crippen molar-refractivity contribution in [3.63, 3.8) is 0 Å². The molecule has 0 unspecified atom stereocenters. The standard InChI is InChI=1S/C14H20O2S/c1-5-10-17-12-9-7-6-8-11(12)13(15)16-14(2,3)4/h6-9H,5,10H2,1-4H3. The zero-order chi connectivity index (χ0) is 12.9. The van der Waals surface area contributed by atoms with Gasteiger partial charge < -0.3 is 4.74 Å². The van der Waals surface area contributed by atoms with E-state index in [1.165, 1.54) is 0 Å². The minimum atomic E-state index is -0.445. The molecule has 0 heterocycles. The van der Waals surface area contributed by atoms with E-state index < -0.39 is 5.60 Å². The smallest absolute Gasteiger partial charge is 0.339 e. The Morgan fingerprint density at radius 3 is 2.53 bits per heavy atom. The molecule has 0 N–H and O–H groups in total. The summed E-state index contributed by atoms with van der Waals surface area (Å²) < 4.78 is 5.39. The van der Waals surface area contributed by atoms with E-state index in [0.717, 1.165) is 17.1 Å². The number of carbonyl (C=O) groups is 1. The van der Waals surface area contributed by atoms with Crippen molar-refractivity contribution in [2.45, 2.75) is 44.6 Å². The van der Waals surface area contributed by atoms with Crippen molar-refractivity contribution in [1.29, 1.82) is 0 Å². The average Bonchev–Trinajstić information content (AvgIpc) is 2.24. The van der Waals surface area contributed by atoms with Gasteiger partial charge in [0.15, 0.2) is 0 Å². The molecule has 0 aromatic heterocycles. The van der Waals surface area contributed by atoms with Crippen molar-refractivity contribution in [1.82, 2.24) is 0 Å². The number of rotatable bonds is 4. The van der Waals surface area contributed by atoms with Crippen LogP contribution in [0, 0.1) is 0 Å². The average molecular weight is 252 g/mol. The van der Waals surface area contributed by atoms with Crippen molar-refractivity contribution in [2.24, 2.45) is 0 Å². The predicted octanol–water partition coefficient (Wildman–Crippen LogP) is 4.14. The van der Waals surface area contributed by atoms with Crippen molar-refractivity contribution < 1.29 is 9.53 Å². The Labute approximate surface area is 108 Å². The van der Waals surface area contributed by atoms with Gasteiger partial charge in [-0.1, -0.05) is 19.1 Å². The van der Waals surface area contributed by atoms with Crippen molar-refractivity contribution in [3.05, 3.63) is 29.8 Å². The molecule has 0 bridgehead atoms. The third kappa shape index (κ3) is 4.82. The third-order valence-corrected chi connectivity index (χ3v) is 3.25. The number of esters is 1. The van der Waals surface area contributed by atoms with Crippen LogP contribution >= 0.6 is 11.8 Å². The van der Waals surface area contributed by atoms with Gasteiger partial charge >= 0.3 is 5.97 Å². The highest BCUT2D eigenvalue weighted by atomic mass is 32.2. The third-order valence-electron chi connectivity index (χ3n) is 1.97. The van der Waals surface area contributed by atoms with Crippen LogP contribution < -0.4 is 0 Å². The number of hydrogen-bond acceptors (Lipinski definition) is 3. The summed E-state index contributed by atoms with van der Waals surface area (Å²) in [6, 6.07) is 7.62. The van der Waals surface area contributed by atoms with Gasteiger partial charge in [-0.05, 0) is 45.1 Å². The molecule has 0 aliphatic heterocycles. The molecule has 1 aromatic carbocycles. The van der Waals surface area contributed by atoms with Crippen LogP contribution in [-0.2, 0) is 4.74 Å². The molecule has 3 heteroatoms. The first-order chi connectivity index (χ1) is 7.94. The SMILES string of the molecule is CCCSc1ccccc1C(=O)OC(C)(C)C. The fraction of sp³-hybridized carbons (Fsp3) is 0.500. The van der Waals surface area contributed by atoms with Crippen LogP contribution in [-0.4, -0.2) is 17.3 Å². The quantitative estimate of drug-likeness (QED) is 0.595. The van der Waals surface area contributed by atoms with Crippen LogP contribution in [0.25, 0.3) is 0 Å². The zero-order valence-electron chi connectivity index (χ0n) is 10.9. The lowest BCUT2D eigenvalue weighted by Crippen LogP contribution is -2.24. The Balaban J connectivity index is 2.85. The fourth-order valence-electron chi connectivity index (χ4n) is 1.31. The molecule has 0 fully saturated rings. The van der Waals surface area contributed by atoms with E-state index in [9.17, 15) is 4.79 Å². The Morgan fingerprint density at radius 2 is 1.94 bits per heavy atom. The molecule has 2 nitrogen and oxygen atoms in total. The van der Waals surface area contributed by atoms with Crippen LogP contribution in [0.15, 0.2) is 29.2 Å². The highest BCUT2D eigenvalue weighted by Gasteiger charge is 2.19. The maximum atomic E-state index is 12.0. The number of carbonyl (C=O) groups excluding carboxylic acids is 1. The van der Waals surface area contributed by atoms with Crippen molar-refractivity contribution >= 4 is 17.7 Å². The lowest BCUT2D eigenvalue weighted by atomic mass is 10.1. The van der Waals surface area contributed by atoms with Crippen molar-refractivity contribution in [3.8, 4) is 0 Å². The molecule has 0 saturated carbocycles. The minimum absolute atomic E-state index is 0.239. The van der Waals surface area contributed by atoms with Gasteiger partial charge in [0, 0.05) is 4.90 Å². The van der Waals surface area contributed by atoms with Crippen LogP contribution in [0.1, 0.15) is 44.5 Å². The molecule has 0 amide bonds. The normalized spacial score (nSPS) is 11.3. The fourth-order valence-corrected chi connectivity index (χ4v) is 2.21. The van der Waals surface area contributed by atoms with Crippen LogP contribution in [0.2, 0.25) is 0 Å². The van der Waals surface area contributed by atoms with Gasteiger partial charge in [-0.25, -0.2) is 4.79 Å². The second kappa shape index (κ2) is 6.10. The summed E-state index contributed by atoms with van der Waals surface area (Å²) in [5, 5.41) is 0. The molecule has 0 saturated heterocycles. The van der Waals surface area contributed by atoms with Gasteiger partial charge in [0.2, 0.25) is 0 Å². The van der Waals surface area contributed by atoms with Crippen molar-refractivity contribution in [2.75, 3.05) is 5.75 Å². The van der Waals surface area contributed by atoms with Gasteiger partial charge in [0.05, 0.1) is 5.56 Å². The van der Waals surface area contributed by atoms with Gasteiger partial charge in [-0.2, -0.15) is 0 Å². The molecular formula is C14H20O2S. The molecule has 0 aliphatic carbocycles. The first kappa shape index (κ1) is 14.1. The molecule has 0 spiro atoms. The first-order valence-electron chi connectivity index (χ1n) is 5.89. The largest absolute Gasteiger partial charge is 0.456 e. The Hall–Kier alpha value is -0.960. The van der Waals surface area contributed by atoms with E-state index >= 15 is 0 Å². The molecule has 0 atom stereocenters. The molecule has 1 aromatic rings. The van der Waals surface area contributed by atoms with E-state index in [0.29, 0.717) is 5.56 Å². The predicted molar refractivity (Wildman–Crippen MR) is 72.6 cm³/mol. The first-order valence-corrected chi connectivity index (χ1v) is 6.88. The molecular weight excluding hydrogens is 232 g/mol. The molecule has 17 heavy (non-hydrogen) atoms. The second-order valence-corrected chi connectivity index (χ2v) is 5.98. The van der Waals surface area contributed by atoms with Crippen LogP contribution in [0.4, 0.5) is 0 Å². The molecule has 1 rings (SSSR count). The number of benzene rings is 1. The summed E-state index contributed by atoms with van der Waals surface area (Å²) in [6.07, 6.45) is 1.09. The summed E-state index contributed by atoms with van der Waals surface area (Å²) in [4.78, 5) is 13.0. The maximum absolute atomic E-state index is 12.0. The minimum Gasteiger partial charge on any atom is -0.456 e. The van der Waals surface area contributed by atoms with Gasteiger partial charge in [0.25, 0.3) is 0 Å². The Morgan fingerprint density at radius 1 is 1.29 bits per heavy atom. The van der Waals surface area contributed by atoms with E-state index in [2.05, 4.69) is 6.92 Å². The Bertz CT molecular complexity index is 380. The lowest BCUT2D eigenvalue weighted by Gasteiger charge is -2.20. The lowest BCUT2D eigenvalue weighted by molar-refractivity contribution is 0.00656. The maximum Gasteiger partial charge on any atom is 0.339 e. The second-order valence-electron chi connectivity index (χ2n) is 4.85. The summed E-state index contributed by atoms with van der Waals surface area (Å²) >= 11 is 1.70. The molecule has 0 aliphatic rings. The highest BCUT2D eigenvalue weighted by molar-refractivity contribution is 7.99. The van der Waals surface area contributed by atoms with Crippen LogP contribution in [0.3, 0.4) is 0 Å². The highest BCUT2D eigenvalue weighted by Crippen LogP contribution is 2.25. The van der Waals surface area contributed by atoms with E-state index in [4.69, 9.17) is 4.74 Å². The van der Waals surface area contributed by atoms with Gasteiger partial charge in [-0.15, -0.1) is 11.8 Å². The molecule has 94 valence electrons. The van der Waals surface area contributed by atoms with E-state index in [-0.39, 0.29) is 5.97 Å². The summed E-state index contributed by atoms with van der Waals surface area (Å²) in [6.45, 7) is 7.77. The zero-order valence-corrected chi connectivity index (χ0v) is 11.8. The summed E-state index contributed by atoms with van der Waals surface area (Å²) in [5.41, 5.74) is 0.223. The monoisotopic (exact) mass is 252 g/mol. The number of ether oxygens (including phenoxy) is 1. The van der Waals surface area contributed by atoms with Gasteiger partial charge in [0.1, 0.15) is 5.60 Å². The number of hydrogen-bond donors (Lipinski definition) is 0. The Kier molecular flexibility index (Phi) is 5.06. The van der Waals surface area contributed by atoms with E-state index in [1.807, 2.05) is 45.0 Å². The molecule has 0 radical (unpaired) electrons. The van der Waals surface area contributed by atoms with E-state index in [1.54, 1.807) is 11.8 Å². The summed E-state index contributed by atoms with van der Waals surface area (Å²) in [5.74, 6) is 0.775.